The number of aliphatic hydroxyl groups is 1. The van der Waals surface area contributed by atoms with Crippen molar-refractivity contribution in [1.82, 2.24) is 4.90 Å². The summed E-state index contributed by atoms with van der Waals surface area (Å²) in [7, 11) is 0. The number of imide groups is 1. The van der Waals surface area contributed by atoms with Crippen LogP contribution in [-0.2, 0) is 4.79 Å². The molecular formula is C20H22N2O4. The minimum absolute atomic E-state index is 0.0000139. The van der Waals surface area contributed by atoms with E-state index in [0.717, 1.165) is 10.5 Å². The molecule has 0 spiro atoms. The van der Waals surface area contributed by atoms with Gasteiger partial charge < -0.3 is 9.84 Å². The Labute approximate surface area is 152 Å². The van der Waals surface area contributed by atoms with Crippen molar-refractivity contribution in [3.05, 3.63) is 60.2 Å². The van der Waals surface area contributed by atoms with E-state index in [9.17, 15) is 14.7 Å². The third kappa shape index (κ3) is 3.70. The number of para-hydroxylation sites is 1. The summed E-state index contributed by atoms with van der Waals surface area (Å²) in [4.78, 5) is 27.7. The molecule has 2 atom stereocenters. The molecular weight excluding hydrogens is 332 g/mol. The van der Waals surface area contributed by atoms with E-state index in [1.54, 1.807) is 19.1 Å². The molecule has 1 N–H and O–H groups in total. The second kappa shape index (κ2) is 7.58. The first-order chi connectivity index (χ1) is 12.5. The molecule has 0 saturated carbocycles. The molecule has 0 aliphatic carbocycles. The second-order valence-electron chi connectivity index (χ2n) is 6.39. The SMILES string of the molecule is Cc1ccc(N2C(=O)N(C[C@@H](O)COc3ccccc3)C(=O)[C@H]2C)cc1. The van der Waals surface area contributed by atoms with Gasteiger partial charge in [0.25, 0.3) is 5.91 Å². The number of ether oxygens (including phenoxy) is 1. The van der Waals surface area contributed by atoms with Gasteiger partial charge in [-0.05, 0) is 38.1 Å². The van der Waals surface area contributed by atoms with Crippen LogP contribution in [-0.4, -0.2) is 47.2 Å². The summed E-state index contributed by atoms with van der Waals surface area (Å²) < 4.78 is 5.49. The summed E-state index contributed by atoms with van der Waals surface area (Å²) in [5, 5.41) is 10.2. The average Bonchev–Trinajstić information content (AvgIpc) is 2.85. The number of benzene rings is 2. The summed E-state index contributed by atoms with van der Waals surface area (Å²) >= 11 is 0. The predicted octanol–water partition coefficient (Wildman–Crippen LogP) is 2.59. The monoisotopic (exact) mass is 354 g/mol. The van der Waals surface area contributed by atoms with E-state index in [0.29, 0.717) is 11.4 Å². The Hall–Kier alpha value is -2.86. The molecule has 1 saturated heterocycles. The standard InChI is InChI=1S/C20H22N2O4/c1-14-8-10-16(11-9-14)22-15(2)19(24)21(20(22)25)12-17(23)13-26-18-6-4-3-5-7-18/h3-11,15,17,23H,12-13H2,1-2H3/t15-,17-/m1/s1. The van der Waals surface area contributed by atoms with Gasteiger partial charge >= 0.3 is 6.03 Å². The van der Waals surface area contributed by atoms with E-state index in [-0.39, 0.29) is 19.1 Å². The van der Waals surface area contributed by atoms with Gasteiger partial charge in [0.05, 0.1) is 6.54 Å². The molecule has 0 unspecified atom stereocenters. The molecule has 6 heteroatoms. The zero-order valence-corrected chi connectivity index (χ0v) is 14.8. The largest absolute Gasteiger partial charge is 0.491 e. The fourth-order valence-corrected chi connectivity index (χ4v) is 2.91. The number of aryl methyl sites for hydroxylation is 1. The summed E-state index contributed by atoms with van der Waals surface area (Å²) in [6.07, 6.45) is -0.965. The summed E-state index contributed by atoms with van der Waals surface area (Å²) in [5.41, 5.74) is 1.74. The van der Waals surface area contributed by atoms with Crippen LogP contribution in [0.25, 0.3) is 0 Å². The molecule has 2 aromatic carbocycles. The van der Waals surface area contributed by atoms with E-state index in [1.165, 1.54) is 4.90 Å². The van der Waals surface area contributed by atoms with Crippen molar-refractivity contribution in [2.24, 2.45) is 0 Å². The third-order valence-electron chi connectivity index (χ3n) is 4.34. The van der Waals surface area contributed by atoms with E-state index in [1.807, 2.05) is 49.4 Å². The summed E-state index contributed by atoms with van der Waals surface area (Å²) in [6, 6.07) is 15.5. The number of nitrogens with zero attached hydrogens (tertiary/aromatic N) is 2. The minimum Gasteiger partial charge on any atom is -0.491 e. The van der Waals surface area contributed by atoms with E-state index in [4.69, 9.17) is 4.74 Å². The number of rotatable bonds is 6. The Balaban J connectivity index is 1.65. The van der Waals surface area contributed by atoms with E-state index >= 15 is 0 Å². The highest BCUT2D eigenvalue weighted by Crippen LogP contribution is 2.26. The van der Waals surface area contributed by atoms with Gasteiger partial charge in [0.1, 0.15) is 24.5 Å². The highest BCUT2D eigenvalue weighted by atomic mass is 16.5. The molecule has 26 heavy (non-hydrogen) atoms. The van der Waals surface area contributed by atoms with Crippen LogP contribution in [0.15, 0.2) is 54.6 Å². The first-order valence-corrected chi connectivity index (χ1v) is 8.54. The van der Waals surface area contributed by atoms with Crippen molar-refractivity contribution >= 4 is 17.6 Å². The average molecular weight is 354 g/mol. The highest BCUT2D eigenvalue weighted by molar-refractivity contribution is 6.14. The molecule has 2 aromatic rings. The number of carbonyl (C=O) groups is 2. The number of amides is 3. The normalized spacial score (nSPS) is 18.3. The highest BCUT2D eigenvalue weighted by Gasteiger charge is 2.43. The summed E-state index contributed by atoms with van der Waals surface area (Å²) in [5.74, 6) is 0.301. The molecule has 1 aliphatic heterocycles. The van der Waals surface area contributed by atoms with Crippen molar-refractivity contribution in [1.29, 1.82) is 0 Å². The smallest absolute Gasteiger partial charge is 0.332 e. The van der Waals surface area contributed by atoms with Crippen molar-refractivity contribution < 1.29 is 19.4 Å². The third-order valence-corrected chi connectivity index (χ3v) is 4.34. The lowest BCUT2D eigenvalue weighted by Gasteiger charge is -2.21. The number of β-amino-alcohol motifs (C(OH)–C–C–N with tert-alkyl or cyclic N) is 1. The Morgan fingerprint density at radius 2 is 1.73 bits per heavy atom. The molecule has 1 aliphatic rings. The minimum atomic E-state index is -0.965. The number of hydrogen-bond donors (Lipinski definition) is 1. The van der Waals surface area contributed by atoms with Crippen molar-refractivity contribution in [3.8, 4) is 5.75 Å². The van der Waals surface area contributed by atoms with E-state index in [2.05, 4.69) is 0 Å². The Kier molecular flexibility index (Phi) is 5.23. The lowest BCUT2D eigenvalue weighted by atomic mass is 10.2. The molecule has 1 fully saturated rings. The van der Waals surface area contributed by atoms with Crippen LogP contribution < -0.4 is 9.64 Å². The number of aliphatic hydroxyl groups excluding tert-OH is 1. The van der Waals surface area contributed by atoms with Gasteiger partial charge in [0.2, 0.25) is 0 Å². The van der Waals surface area contributed by atoms with Crippen LogP contribution >= 0.6 is 0 Å². The van der Waals surface area contributed by atoms with Crippen LogP contribution in [0.5, 0.6) is 5.75 Å². The predicted molar refractivity (Wildman–Crippen MR) is 98.2 cm³/mol. The number of hydrogen-bond acceptors (Lipinski definition) is 4. The van der Waals surface area contributed by atoms with Gasteiger partial charge in [-0.2, -0.15) is 0 Å². The van der Waals surface area contributed by atoms with Crippen molar-refractivity contribution in [2.45, 2.75) is 26.0 Å². The van der Waals surface area contributed by atoms with Gasteiger partial charge in [-0.3, -0.25) is 14.6 Å². The maximum Gasteiger partial charge on any atom is 0.332 e. The quantitative estimate of drug-likeness (QED) is 0.810. The lowest BCUT2D eigenvalue weighted by molar-refractivity contribution is -0.128. The maximum absolute atomic E-state index is 12.7. The maximum atomic E-state index is 12.7. The number of anilines is 1. The zero-order chi connectivity index (χ0) is 18.7. The molecule has 6 nitrogen and oxygen atoms in total. The number of urea groups is 1. The van der Waals surface area contributed by atoms with Crippen LogP contribution in [0.4, 0.5) is 10.5 Å². The van der Waals surface area contributed by atoms with Gasteiger partial charge in [-0.15, -0.1) is 0 Å². The molecule has 1 heterocycles. The van der Waals surface area contributed by atoms with Gasteiger partial charge in [0, 0.05) is 5.69 Å². The van der Waals surface area contributed by atoms with Crippen LogP contribution in [0.1, 0.15) is 12.5 Å². The van der Waals surface area contributed by atoms with Crippen molar-refractivity contribution in [3.63, 3.8) is 0 Å². The molecule has 0 radical (unpaired) electrons. The van der Waals surface area contributed by atoms with Crippen LogP contribution in [0, 0.1) is 6.92 Å². The van der Waals surface area contributed by atoms with Crippen LogP contribution in [0.3, 0.4) is 0 Å². The second-order valence-corrected chi connectivity index (χ2v) is 6.39. The van der Waals surface area contributed by atoms with Crippen molar-refractivity contribution in [2.75, 3.05) is 18.1 Å². The first-order valence-electron chi connectivity index (χ1n) is 8.54. The lowest BCUT2D eigenvalue weighted by Crippen LogP contribution is -2.40. The first kappa shape index (κ1) is 17.9. The molecule has 0 aromatic heterocycles. The van der Waals surface area contributed by atoms with Gasteiger partial charge in [-0.1, -0.05) is 35.9 Å². The van der Waals surface area contributed by atoms with Crippen LogP contribution in [0.2, 0.25) is 0 Å². The fraction of sp³-hybridized carbons (Fsp3) is 0.300. The number of carbonyl (C=O) groups excluding carboxylic acids is 2. The molecule has 136 valence electrons. The Morgan fingerprint density at radius 3 is 2.38 bits per heavy atom. The Bertz CT molecular complexity index is 776. The molecule has 3 amide bonds. The summed E-state index contributed by atoms with van der Waals surface area (Å²) in [6.45, 7) is 3.55. The zero-order valence-electron chi connectivity index (χ0n) is 14.8. The fourth-order valence-electron chi connectivity index (χ4n) is 2.91. The molecule has 3 rings (SSSR count). The van der Waals surface area contributed by atoms with E-state index < -0.39 is 18.2 Å². The van der Waals surface area contributed by atoms with Gasteiger partial charge in [0.15, 0.2) is 0 Å². The molecule has 0 bridgehead atoms. The van der Waals surface area contributed by atoms with Gasteiger partial charge in [-0.25, -0.2) is 4.79 Å². The topological polar surface area (TPSA) is 70.1 Å². The Morgan fingerprint density at radius 1 is 1.08 bits per heavy atom.